The highest BCUT2D eigenvalue weighted by molar-refractivity contribution is 5.87. The van der Waals surface area contributed by atoms with E-state index in [0.29, 0.717) is 17.8 Å². The molecule has 0 saturated heterocycles. The summed E-state index contributed by atoms with van der Waals surface area (Å²) < 4.78 is 4.63. The SMILES string of the molecule is COC(=O)c1cncc(NC2CC2c2ccccc2)n1. The fourth-order valence-electron chi connectivity index (χ4n) is 2.25. The summed E-state index contributed by atoms with van der Waals surface area (Å²) in [7, 11) is 1.33. The van der Waals surface area contributed by atoms with Gasteiger partial charge < -0.3 is 10.1 Å². The molecule has 3 rings (SSSR count). The van der Waals surface area contributed by atoms with Crippen LogP contribution in [0.5, 0.6) is 0 Å². The van der Waals surface area contributed by atoms with Crippen LogP contribution in [0.3, 0.4) is 0 Å². The van der Waals surface area contributed by atoms with E-state index in [-0.39, 0.29) is 5.69 Å². The quantitative estimate of drug-likeness (QED) is 0.862. The molecule has 1 fully saturated rings. The van der Waals surface area contributed by atoms with Gasteiger partial charge in [-0.15, -0.1) is 0 Å². The highest BCUT2D eigenvalue weighted by Crippen LogP contribution is 2.42. The number of hydrogen-bond acceptors (Lipinski definition) is 5. The normalized spacial score (nSPS) is 20.2. The topological polar surface area (TPSA) is 64.1 Å². The zero-order chi connectivity index (χ0) is 13.9. The number of anilines is 1. The van der Waals surface area contributed by atoms with Gasteiger partial charge in [-0.25, -0.2) is 9.78 Å². The van der Waals surface area contributed by atoms with E-state index < -0.39 is 5.97 Å². The van der Waals surface area contributed by atoms with E-state index in [2.05, 4.69) is 32.2 Å². The van der Waals surface area contributed by atoms with Crippen LogP contribution in [-0.4, -0.2) is 29.1 Å². The Morgan fingerprint density at radius 3 is 2.85 bits per heavy atom. The summed E-state index contributed by atoms with van der Waals surface area (Å²) in [5.74, 6) is 0.632. The molecule has 20 heavy (non-hydrogen) atoms. The molecule has 1 aliphatic rings. The Morgan fingerprint density at radius 2 is 2.10 bits per heavy atom. The van der Waals surface area contributed by atoms with Gasteiger partial charge in [-0.3, -0.25) is 4.98 Å². The number of esters is 1. The van der Waals surface area contributed by atoms with Gasteiger partial charge in [0.05, 0.1) is 19.5 Å². The molecule has 2 atom stereocenters. The second-order valence-corrected chi connectivity index (χ2v) is 4.78. The van der Waals surface area contributed by atoms with Crippen LogP contribution in [0.2, 0.25) is 0 Å². The van der Waals surface area contributed by atoms with Crippen molar-refractivity contribution in [3.8, 4) is 0 Å². The van der Waals surface area contributed by atoms with E-state index in [9.17, 15) is 4.79 Å². The molecular weight excluding hydrogens is 254 g/mol. The van der Waals surface area contributed by atoms with E-state index in [4.69, 9.17) is 0 Å². The fourth-order valence-corrected chi connectivity index (χ4v) is 2.25. The summed E-state index contributed by atoms with van der Waals surface area (Å²) in [6.45, 7) is 0. The van der Waals surface area contributed by atoms with Crippen LogP contribution < -0.4 is 5.32 Å². The molecule has 1 aromatic heterocycles. The molecule has 1 aliphatic carbocycles. The molecule has 1 saturated carbocycles. The third kappa shape index (κ3) is 2.61. The molecule has 1 N–H and O–H groups in total. The summed E-state index contributed by atoms with van der Waals surface area (Å²) in [6.07, 6.45) is 4.08. The number of nitrogens with zero attached hydrogens (tertiary/aromatic N) is 2. The van der Waals surface area contributed by atoms with E-state index in [1.54, 1.807) is 6.20 Å². The van der Waals surface area contributed by atoms with Crippen molar-refractivity contribution >= 4 is 11.8 Å². The standard InChI is InChI=1S/C15H15N3O2/c1-20-15(19)13-8-16-9-14(18-13)17-12-7-11(12)10-5-3-2-4-6-10/h2-6,8-9,11-12H,7H2,1H3,(H,17,18). The van der Waals surface area contributed by atoms with Gasteiger partial charge >= 0.3 is 5.97 Å². The number of rotatable bonds is 4. The van der Waals surface area contributed by atoms with E-state index >= 15 is 0 Å². The Labute approximate surface area is 117 Å². The van der Waals surface area contributed by atoms with Crippen LogP contribution in [-0.2, 0) is 4.74 Å². The molecule has 5 nitrogen and oxygen atoms in total. The lowest BCUT2D eigenvalue weighted by molar-refractivity contribution is 0.0593. The van der Waals surface area contributed by atoms with Crippen molar-refractivity contribution in [2.45, 2.75) is 18.4 Å². The van der Waals surface area contributed by atoms with Crippen LogP contribution in [0, 0.1) is 0 Å². The van der Waals surface area contributed by atoms with E-state index in [1.165, 1.54) is 18.9 Å². The van der Waals surface area contributed by atoms with Gasteiger partial charge in [0.15, 0.2) is 5.69 Å². The monoisotopic (exact) mass is 269 g/mol. The second-order valence-electron chi connectivity index (χ2n) is 4.78. The highest BCUT2D eigenvalue weighted by atomic mass is 16.5. The molecule has 0 radical (unpaired) electrons. The van der Waals surface area contributed by atoms with Crippen LogP contribution in [0.1, 0.15) is 28.4 Å². The summed E-state index contributed by atoms with van der Waals surface area (Å²) in [5, 5.41) is 3.30. The number of aromatic nitrogens is 2. The van der Waals surface area contributed by atoms with Crippen molar-refractivity contribution in [1.82, 2.24) is 9.97 Å². The average Bonchev–Trinajstić information content (AvgIpc) is 3.27. The third-order valence-electron chi connectivity index (χ3n) is 3.38. The minimum atomic E-state index is -0.475. The predicted molar refractivity (Wildman–Crippen MR) is 74.6 cm³/mol. The number of methoxy groups -OCH3 is 1. The molecule has 2 aromatic rings. The Hall–Kier alpha value is -2.43. The third-order valence-corrected chi connectivity index (χ3v) is 3.38. The zero-order valence-corrected chi connectivity index (χ0v) is 11.1. The lowest BCUT2D eigenvalue weighted by atomic mass is 10.1. The molecule has 0 bridgehead atoms. The highest BCUT2D eigenvalue weighted by Gasteiger charge is 2.38. The summed E-state index contributed by atoms with van der Waals surface area (Å²) in [5.41, 5.74) is 1.54. The van der Waals surface area contributed by atoms with Gasteiger partial charge in [-0.1, -0.05) is 30.3 Å². The van der Waals surface area contributed by atoms with Crippen molar-refractivity contribution in [2.75, 3.05) is 12.4 Å². The van der Waals surface area contributed by atoms with Gasteiger partial charge in [0.1, 0.15) is 5.82 Å². The lowest BCUT2D eigenvalue weighted by Crippen LogP contribution is -2.10. The Balaban J connectivity index is 1.67. The van der Waals surface area contributed by atoms with Gasteiger partial charge in [0.2, 0.25) is 0 Å². The Bertz CT molecular complexity index is 616. The maximum absolute atomic E-state index is 11.4. The van der Waals surface area contributed by atoms with Crippen LogP contribution in [0.25, 0.3) is 0 Å². The van der Waals surface area contributed by atoms with Gasteiger partial charge in [-0.2, -0.15) is 0 Å². The Morgan fingerprint density at radius 1 is 1.30 bits per heavy atom. The number of hydrogen-bond donors (Lipinski definition) is 1. The van der Waals surface area contributed by atoms with Crippen molar-refractivity contribution < 1.29 is 9.53 Å². The van der Waals surface area contributed by atoms with Gasteiger partial charge in [0, 0.05) is 12.0 Å². The fraction of sp³-hybridized carbons (Fsp3) is 0.267. The average molecular weight is 269 g/mol. The van der Waals surface area contributed by atoms with E-state index in [0.717, 1.165) is 6.42 Å². The molecule has 102 valence electrons. The smallest absolute Gasteiger partial charge is 0.358 e. The first-order valence-corrected chi connectivity index (χ1v) is 6.50. The number of ether oxygens (including phenoxy) is 1. The van der Waals surface area contributed by atoms with Gasteiger partial charge in [-0.05, 0) is 12.0 Å². The van der Waals surface area contributed by atoms with Crippen molar-refractivity contribution in [2.24, 2.45) is 0 Å². The van der Waals surface area contributed by atoms with Crippen molar-refractivity contribution in [1.29, 1.82) is 0 Å². The summed E-state index contributed by atoms with van der Waals surface area (Å²) >= 11 is 0. The molecule has 0 aliphatic heterocycles. The van der Waals surface area contributed by atoms with Crippen molar-refractivity contribution in [3.05, 3.63) is 54.0 Å². The first-order valence-electron chi connectivity index (χ1n) is 6.50. The summed E-state index contributed by atoms with van der Waals surface area (Å²) in [4.78, 5) is 19.6. The van der Waals surface area contributed by atoms with Crippen LogP contribution >= 0.6 is 0 Å². The van der Waals surface area contributed by atoms with E-state index in [1.807, 2.05) is 18.2 Å². The molecule has 0 amide bonds. The maximum atomic E-state index is 11.4. The summed E-state index contributed by atoms with van der Waals surface area (Å²) in [6, 6.07) is 10.7. The first-order chi connectivity index (χ1) is 9.78. The minimum Gasteiger partial charge on any atom is -0.464 e. The molecule has 1 heterocycles. The largest absolute Gasteiger partial charge is 0.464 e. The predicted octanol–water partition coefficient (Wildman–Crippen LogP) is 2.23. The maximum Gasteiger partial charge on any atom is 0.358 e. The number of carbonyl (C=O) groups excluding carboxylic acids is 1. The Kier molecular flexibility index (Phi) is 3.33. The van der Waals surface area contributed by atoms with Gasteiger partial charge in [0.25, 0.3) is 0 Å². The molecule has 2 unspecified atom stereocenters. The number of nitrogens with one attached hydrogen (secondary N) is 1. The molecule has 5 heteroatoms. The minimum absolute atomic E-state index is 0.217. The number of benzene rings is 1. The molecule has 1 aromatic carbocycles. The number of carbonyl (C=O) groups is 1. The zero-order valence-electron chi connectivity index (χ0n) is 11.1. The molecule has 0 spiro atoms. The lowest BCUT2D eigenvalue weighted by Gasteiger charge is -2.06. The van der Waals surface area contributed by atoms with Crippen LogP contribution in [0.15, 0.2) is 42.7 Å². The van der Waals surface area contributed by atoms with Crippen molar-refractivity contribution in [3.63, 3.8) is 0 Å². The van der Waals surface area contributed by atoms with Crippen LogP contribution in [0.4, 0.5) is 5.82 Å². The second kappa shape index (κ2) is 5.28. The first kappa shape index (κ1) is 12.6. The molecular formula is C15H15N3O2.